The van der Waals surface area contributed by atoms with E-state index in [-0.39, 0.29) is 5.75 Å². The molecule has 0 aliphatic rings. The first kappa shape index (κ1) is 21.2. The predicted molar refractivity (Wildman–Crippen MR) is 99.3 cm³/mol. The van der Waals surface area contributed by atoms with Crippen LogP contribution >= 0.6 is 7.82 Å². The van der Waals surface area contributed by atoms with Crippen molar-refractivity contribution in [3.63, 3.8) is 0 Å². The first-order valence-corrected chi connectivity index (χ1v) is 10.9. The lowest BCUT2D eigenvalue weighted by Gasteiger charge is -2.07. The lowest BCUT2D eigenvalue weighted by molar-refractivity contribution is 0.283. The van der Waals surface area contributed by atoms with Gasteiger partial charge in [0.15, 0.2) is 0 Å². The second-order valence-electron chi connectivity index (χ2n) is 6.51. The molecule has 0 radical (unpaired) electrons. The van der Waals surface area contributed by atoms with E-state index >= 15 is 0 Å². The summed E-state index contributed by atoms with van der Waals surface area (Å²) < 4.78 is 15.3. The van der Waals surface area contributed by atoms with E-state index in [4.69, 9.17) is 9.79 Å². The SMILES string of the molecule is CCCCCCCCCCCCCc1ccc(OP(=O)(O)O)cc1. The first-order chi connectivity index (χ1) is 11.5. The van der Waals surface area contributed by atoms with E-state index in [1.807, 2.05) is 12.1 Å². The van der Waals surface area contributed by atoms with Gasteiger partial charge in [0, 0.05) is 0 Å². The van der Waals surface area contributed by atoms with Crippen molar-refractivity contribution >= 4 is 7.82 Å². The van der Waals surface area contributed by atoms with Crippen LogP contribution < -0.4 is 4.52 Å². The number of hydrogen-bond acceptors (Lipinski definition) is 2. The van der Waals surface area contributed by atoms with E-state index in [9.17, 15) is 4.57 Å². The summed E-state index contributed by atoms with van der Waals surface area (Å²) in [6.07, 6.45) is 15.7. The molecule has 0 heterocycles. The number of benzene rings is 1. The fraction of sp³-hybridized carbons (Fsp3) is 0.684. The topological polar surface area (TPSA) is 66.8 Å². The van der Waals surface area contributed by atoms with E-state index in [0.29, 0.717) is 0 Å². The largest absolute Gasteiger partial charge is 0.524 e. The molecule has 5 heteroatoms. The fourth-order valence-corrected chi connectivity index (χ4v) is 3.24. The van der Waals surface area contributed by atoms with Crippen LogP contribution in [0.15, 0.2) is 24.3 Å². The molecule has 0 amide bonds. The van der Waals surface area contributed by atoms with Crippen LogP contribution in [0.5, 0.6) is 5.75 Å². The van der Waals surface area contributed by atoms with Gasteiger partial charge in [0.2, 0.25) is 0 Å². The van der Waals surface area contributed by atoms with Crippen LogP contribution in [0.4, 0.5) is 0 Å². The van der Waals surface area contributed by atoms with Crippen molar-refractivity contribution in [1.29, 1.82) is 0 Å². The Hall–Kier alpha value is -0.830. The Balaban J connectivity index is 2.00. The molecule has 0 spiro atoms. The van der Waals surface area contributed by atoms with Gasteiger partial charge in [-0.05, 0) is 30.5 Å². The zero-order valence-corrected chi connectivity index (χ0v) is 15.8. The zero-order chi connectivity index (χ0) is 17.7. The second-order valence-corrected chi connectivity index (χ2v) is 7.68. The summed E-state index contributed by atoms with van der Waals surface area (Å²) in [5, 5.41) is 0. The van der Waals surface area contributed by atoms with Gasteiger partial charge < -0.3 is 4.52 Å². The highest BCUT2D eigenvalue weighted by atomic mass is 31.2. The number of hydrogen-bond donors (Lipinski definition) is 2. The summed E-state index contributed by atoms with van der Waals surface area (Å²) in [5.74, 6) is 0.214. The lowest BCUT2D eigenvalue weighted by atomic mass is 10.0. The van der Waals surface area contributed by atoms with Crippen LogP contribution in [0.1, 0.15) is 83.1 Å². The number of phosphoric acid groups is 1. The molecule has 0 fully saturated rings. The highest BCUT2D eigenvalue weighted by Gasteiger charge is 2.15. The Bertz CT molecular complexity index is 467. The fourth-order valence-electron chi connectivity index (χ4n) is 2.85. The number of unbranched alkanes of at least 4 members (excludes halogenated alkanes) is 10. The number of aryl methyl sites for hydroxylation is 1. The standard InChI is InChI=1S/C19H33O4P/c1-2-3-4-5-6-7-8-9-10-11-12-13-18-14-16-19(17-15-18)23-24(20,21)22/h14-17H,2-13H2,1H3,(H2,20,21,22). The Morgan fingerprint density at radius 2 is 1.25 bits per heavy atom. The molecular formula is C19H33O4P. The lowest BCUT2D eigenvalue weighted by Crippen LogP contribution is -1.91. The molecule has 0 saturated carbocycles. The van der Waals surface area contributed by atoms with E-state index < -0.39 is 7.82 Å². The van der Waals surface area contributed by atoms with E-state index in [0.717, 1.165) is 12.8 Å². The summed E-state index contributed by atoms with van der Waals surface area (Å²) >= 11 is 0. The third-order valence-electron chi connectivity index (χ3n) is 4.22. The molecule has 0 aromatic heterocycles. The van der Waals surface area contributed by atoms with Gasteiger partial charge in [-0.25, -0.2) is 4.57 Å². The minimum absolute atomic E-state index is 0.214. The van der Waals surface area contributed by atoms with Crippen molar-refractivity contribution in [2.24, 2.45) is 0 Å². The van der Waals surface area contributed by atoms with Crippen LogP contribution in [0, 0.1) is 0 Å². The van der Waals surface area contributed by atoms with Gasteiger partial charge in [-0.2, -0.15) is 0 Å². The van der Waals surface area contributed by atoms with Crippen molar-refractivity contribution in [2.75, 3.05) is 0 Å². The highest BCUT2D eigenvalue weighted by Crippen LogP contribution is 2.37. The minimum Gasteiger partial charge on any atom is -0.404 e. The van der Waals surface area contributed by atoms with Gasteiger partial charge in [-0.15, -0.1) is 0 Å². The maximum absolute atomic E-state index is 10.7. The van der Waals surface area contributed by atoms with E-state index in [1.54, 1.807) is 12.1 Å². The summed E-state index contributed by atoms with van der Waals surface area (Å²) in [4.78, 5) is 17.5. The van der Waals surface area contributed by atoms with Crippen molar-refractivity contribution in [2.45, 2.75) is 84.0 Å². The molecule has 1 rings (SSSR count). The molecule has 2 N–H and O–H groups in total. The van der Waals surface area contributed by atoms with Crippen LogP contribution in [0.2, 0.25) is 0 Å². The average molecular weight is 356 g/mol. The monoisotopic (exact) mass is 356 g/mol. The molecule has 1 aromatic carbocycles. The molecule has 0 bridgehead atoms. The van der Waals surface area contributed by atoms with Crippen LogP contribution in [-0.4, -0.2) is 9.79 Å². The van der Waals surface area contributed by atoms with Crippen LogP contribution in [0.25, 0.3) is 0 Å². The highest BCUT2D eigenvalue weighted by molar-refractivity contribution is 7.46. The quantitative estimate of drug-likeness (QED) is 0.316. The smallest absolute Gasteiger partial charge is 0.404 e. The Labute approximate surface area is 146 Å². The van der Waals surface area contributed by atoms with E-state index in [2.05, 4.69) is 11.4 Å². The number of rotatable bonds is 14. The van der Waals surface area contributed by atoms with Gasteiger partial charge in [-0.1, -0.05) is 83.3 Å². The average Bonchev–Trinajstić information content (AvgIpc) is 2.53. The van der Waals surface area contributed by atoms with Gasteiger partial charge in [-0.3, -0.25) is 9.79 Å². The second kappa shape index (κ2) is 12.5. The molecule has 0 aliphatic heterocycles. The Morgan fingerprint density at radius 3 is 1.71 bits per heavy atom. The first-order valence-electron chi connectivity index (χ1n) is 9.35. The Morgan fingerprint density at radius 1 is 0.792 bits per heavy atom. The minimum atomic E-state index is -4.45. The van der Waals surface area contributed by atoms with Gasteiger partial charge in [0.1, 0.15) is 5.75 Å². The molecule has 0 unspecified atom stereocenters. The van der Waals surface area contributed by atoms with Crippen molar-refractivity contribution in [3.8, 4) is 5.75 Å². The van der Waals surface area contributed by atoms with Gasteiger partial charge in [0.25, 0.3) is 0 Å². The normalized spacial score (nSPS) is 11.6. The Kier molecular flexibility index (Phi) is 11.1. The maximum atomic E-state index is 10.7. The number of phosphoric ester groups is 1. The molecule has 0 atom stereocenters. The summed E-state index contributed by atoms with van der Waals surface area (Å²) in [5.41, 5.74) is 1.18. The van der Waals surface area contributed by atoms with E-state index in [1.165, 1.54) is 69.8 Å². The molecule has 0 saturated heterocycles. The van der Waals surface area contributed by atoms with Crippen molar-refractivity contribution in [3.05, 3.63) is 29.8 Å². The molecular weight excluding hydrogens is 323 g/mol. The van der Waals surface area contributed by atoms with Crippen molar-refractivity contribution in [1.82, 2.24) is 0 Å². The van der Waals surface area contributed by atoms with Crippen LogP contribution in [0.3, 0.4) is 0 Å². The molecule has 1 aromatic rings. The third kappa shape index (κ3) is 11.7. The molecule has 24 heavy (non-hydrogen) atoms. The molecule has 138 valence electrons. The molecule has 4 nitrogen and oxygen atoms in total. The maximum Gasteiger partial charge on any atom is 0.524 e. The zero-order valence-electron chi connectivity index (χ0n) is 15.0. The summed E-state index contributed by atoms with van der Waals surface area (Å²) in [6.45, 7) is 2.25. The summed E-state index contributed by atoms with van der Waals surface area (Å²) in [7, 11) is -4.45. The summed E-state index contributed by atoms with van der Waals surface area (Å²) in [6, 6.07) is 6.99. The van der Waals surface area contributed by atoms with Crippen LogP contribution in [-0.2, 0) is 11.0 Å². The van der Waals surface area contributed by atoms with Gasteiger partial charge >= 0.3 is 7.82 Å². The predicted octanol–water partition coefficient (Wildman–Crippen LogP) is 6.01. The molecule has 0 aliphatic carbocycles. The van der Waals surface area contributed by atoms with Crippen molar-refractivity contribution < 1.29 is 18.9 Å². The van der Waals surface area contributed by atoms with Gasteiger partial charge in [0.05, 0.1) is 0 Å². The third-order valence-corrected chi connectivity index (χ3v) is 4.67.